The monoisotopic (exact) mass is 495 g/mol. The molecule has 35 heavy (non-hydrogen) atoms. The normalized spacial score (nSPS) is 21.2. The Hall–Kier alpha value is -2.71. The van der Waals surface area contributed by atoms with E-state index in [2.05, 4.69) is 16.0 Å². The van der Waals surface area contributed by atoms with Crippen molar-refractivity contribution in [2.24, 2.45) is 11.8 Å². The van der Waals surface area contributed by atoms with Gasteiger partial charge in [0, 0.05) is 47.3 Å². The second kappa shape index (κ2) is 9.74. The van der Waals surface area contributed by atoms with Crippen LogP contribution < -0.4 is 16.0 Å². The summed E-state index contributed by atoms with van der Waals surface area (Å²) in [5, 5.41) is 20.0. The van der Waals surface area contributed by atoms with Crippen LogP contribution in [0, 0.1) is 18.8 Å². The molecule has 2 saturated carbocycles. The topological polar surface area (TPSA) is 108 Å². The number of aryl methyl sites for hydroxylation is 2. The molecule has 3 aliphatic carbocycles. The summed E-state index contributed by atoms with van der Waals surface area (Å²) in [6, 6.07) is 7.13. The molecule has 0 saturated heterocycles. The Bertz CT molecular complexity index is 1130. The summed E-state index contributed by atoms with van der Waals surface area (Å²) < 4.78 is 0. The molecule has 2 aromatic rings. The van der Waals surface area contributed by atoms with Gasteiger partial charge in [-0.1, -0.05) is 17.7 Å². The molecular formula is C27H33N3O4S. The molecule has 3 amide bonds. The minimum absolute atomic E-state index is 0.0828. The van der Waals surface area contributed by atoms with Crippen LogP contribution in [-0.4, -0.2) is 41.5 Å². The van der Waals surface area contributed by atoms with Crippen LogP contribution in [0.3, 0.4) is 0 Å². The number of anilines is 1. The average molecular weight is 496 g/mol. The lowest BCUT2D eigenvalue weighted by Crippen LogP contribution is -2.48. The van der Waals surface area contributed by atoms with E-state index in [0.29, 0.717) is 43.0 Å². The zero-order valence-corrected chi connectivity index (χ0v) is 20.9. The fraction of sp³-hybridized carbons (Fsp3) is 0.519. The first-order valence-electron chi connectivity index (χ1n) is 12.6. The highest BCUT2D eigenvalue weighted by Crippen LogP contribution is 2.40. The van der Waals surface area contributed by atoms with Gasteiger partial charge in [0.2, 0.25) is 0 Å². The molecule has 4 N–H and O–H groups in total. The van der Waals surface area contributed by atoms with Gasteiger partial charge in [0.25, 0.3) is 5.91 Å². The lowest BCUT2D eigenvalue weighted by Gasteiger charge is -2.32. The van der Waals surface area contributed by atoms with Crippen molar-refractivity contribution in [1.29, 1.82) is 0 Å². The number of fused-ring (bicyclic) bond motifs is 1. The number of hydrogen-bond acceptors (Lipinski definition) is 5. The van der Waals surface area contributed by atoms with Crippen molar-refractivity contribution in [1.82, 2.24) is 10.6 Å². The minimum atomic E-state index is -1.15. The summed E-state index contributed by atoms with van der Waals surface area (Å²) in [5.41, 5.74) is 2.07. The zero-order chi connectivity index (χ0) is 24.6. The number of carbonyl (C=O) groups is 3. The van der Waals surface area contributed by atoms with Gasteiger partial charge in [-0.2, -0.15) is 0 Å². The second-order valence-corrected chi connectivity index (χ2v) is 11.6. The van der Waals surface area contributed by atoms with Crippen molar-refractivity contribution in [2.75, 3.05) is 18.4 Å². The number of thiophene rings is 1. The standard InChI is InChI=1S/C27H33N3O4S/c1-16-2-8-19(9-3-16)30-26(33)29-15-27(34)11-10-22-20(13-27)24(25(32)28-14-17-4-5-17)23(35-22)12-21(31)18-6-7-18/h2-3,8-9,17-18,34H,4-7,10-15H2,1H3,(H,28,32)(H2,29,30,33). The van der Waals surface area contributed by atoms with Gasteiger partial charge in [0.1, 0.15) is 5.78 Å². The molecule has 2 fully saturated rings. The van der Waals surface area contributed by atoms with Crippen molar-refractivity contribution in [3.63, 3.8) is 0 Å². The van der Waals surface area contributed by atoms with E-state index in [-0.39, 0.29) is 36.6 Å². The molecule has 1 unspecified atom stereocenters. The number of benzene rings is 1. The molecule has 1 heterocycles. The third-order valence-corrected chi connectivity index (χ3v) is 8.51. The lowest BCUT2D eigenvalue weighted by molar-refractivity contribution is -0.119. The van der Waals surface area contributed by atoms with Crippen LogP contribution in [0.2, 0.25) is 0 Å². The fourth-order valence-corrected chi connectivity index (χ4v) is 6.00. The SMILES string of the molecule is Cc1ccc(NC(=O)NCC2(O)CCc3sc(CC(=O)C4CC4)c(C(=O)NCC4CC4)c3C2)cc1. The van der Waals surface area contributed by atoms with Gasteiger partial charge >= 0.3 is 6.03 Å². The smallest absolute Gasteiger partial charge is 0.319 e. The van der Waals surface area contributed by atoms with Crippen LogP contribution in [0.4, 0.5) is 10.5 Å². The van der Waals surface area contributed by atoms with E-state index in [1.165, 1.54) is 0 Å². The first-order valence-corrected chi connectivity index (χ1v) is 13.4. The van der Waals surface area contributed by atoms with Crippen molar-refractivity contribution in [2.45, 2.75) is 63.9 Å². The van der Waals surface area contributed by atoms with Gasteiger partial charge in [-0.15, -0.1) is 11.3 Å². The Labute approximate surface area is 209 Å². The zero-order valence-electron chi connectivity index (χ0n) is 20.1. The third kappa shape index (κ3) is 5.93. The van der Waals surface area contributed by atoms with Crippen molar-refractivity contribution in [3.8, 4) is 0 Å². The van der Waals surface area contributed by atoms with E-state index >= 15 is 0 Å². The number of hydrogen-bond donors (Lipinski definition) is 4. The number of rotatable bonds is 9. The Morgan fingerprint density at radius 2 is 1.83 bits per heavy atom. The first-order chi connectivity index (χ1) is 16.8. The largest absolute Gasteiger partial charge is 0.388 e. The Kier molecular flexibility index (Phi) is 6.68. The second-order valence-electron chi connectivity index (χ2n) is 10.4. The highest BCUT2D eigenvalue weighted by atomic mass is 32.1. The molecule has 0 radical (unpaired) electrons. The Balaban J connectivity index is 1.28. The fourth-order valence-electron chi connectivity index (χ4n) is 4.67. The predicted molar refractivity (Wildman–Crippen MR) is 136 cm³/mol. The maximum atomic E-state index is 13.2. The number of urea groups is 1. The van der Waals surface area contributed by atoms with E-state index in [9.17, 15) is 19.5 Å². The Morgan fingerprint density at radius 1 is 1.09 bits per heavy atom. The van der Waals surface area contributed by atoms with Crippen LogP contribution >= 0.6 is 11.3 Å². The molecule has 7 nitrogen and oxygen atoms in total. The molecule has 5 rings (SSSR count). The van der Waals surface area contributed by atoms with Crippen LogP contribution in [0.15, 0.2) is 24.3 Å². The number of ketones is 1. The van der Waals surface area contributed by atoms with Gasteiger partial charge in [-0.05, 0) is 69.1 Å². The average Bonchev–Trinajstić information content (AvgIpc) is 3.75. The number of aliphatic hydroxyl groups is 1. The molecule has 1 aromatic heterocycles. The van der Waals surface area contributed by atoms with Crippen molar-refractivity contribution < 1.29 is 19.5 Å². The van der Waals surface area contributed by atoms with E-state index < -0.39 is 5.60 Å². The number of amides is 3. The van der Waals surface area contributed by atoms with Crippen LogP contribution in [0.1, 0.15) is 63.3 Å². The number of Topliss-reactive ketones (excluding diaryl/α,β-unsaturated/α-hetero) is 1. The molecule has 8 heteroatoms. The van der Waals surface area contributed by atoms with Gasteiger partial charge in [0.05, 0.1) is 11.2 Å². The minimum Gasteiger partial charge on any atom is -0.388 e. The summed E-state index contributed by atoms with van der Waals surface area (Å²) in [6.07, 6.45) is 5.88. The van der Waals surface area contributed by atoms with E-state index in [1.807, 2.05) is 31.2 Å². The van der Waals surface area contributed by atoms with Crippen molar-refractivity contribution in [3.05, 3.63) is 50.7 Å². The van der Waals surface area contributed by atoms with Gasteiger partial charge < -0.3 is 21.1 Å². The maximum absolute atomic E-state index is 13.2. The summed E-state index contributed by atoms with van der Waals surface area (Å²) in [5.74, 6) is 0.773. The lowest BCUT2D eigenvalue weighted by atomic mass is 9.82. The molecule has 0 spiro atoms. The van der Waals surface area contributed by atoms with E-state index in [1.54, 1.807) is 11.3 Å². The van der Waals surface area contributed by atoms with Crippen molar-refractivity contribution >= 4 is 34.7 Å². The quantitative estimate of drug-likeness (QED) is 0.425. The highest BCUT2D eigenvalue weighted by molar-refractivity contribution is 7.12. The predicted octanol–water partition coefficient (Wildman–Crippen LogP) is 3.76. The van der Waals surface area contributed by atoms with Gasteiger partial charge in [-0.3, -0.25) is 9.59 Å². The molecule has 0 aliphatic heterocycles. The summed E-state index contributed by atoms with van der Waals surface area (Å²) in [4.78, 5) is 40.1. The molecule has 3 aliphatic rings. The molecule has 1 atom stereocenters. The molecule has 0 bridgehead atoms. The summed E-state index contributed by atoms with van der Waals surface area (Å²) in [7, 11) is 0. The van der Waals surface area contributed by atoms with Crippen LogP contribution in [0.5, 0.6) is 0 Å². The van der Waals surface area contributed by atoms with Crippen LogP contribution in [0.25, 0.3) is 0 Å². The third-order valence-electron chi connectivity index (χ3n) is 7.22. The van der Waals surface area contributed by atoms with Gasteiger partial charge in [-0.25, -0.2) is 4.79 Å². The van der Waals surface area contributed by atoms with E-state index in [4.69, 9.17) is 0 Å². The maximum Gasteiger partial charge on any atom is 0.319 e. The van der Waals surface area contributed by atoms with Gasteiger partial charge in [0.15, 0.2) is 0 Å². The number of carbonyl (C=O) groups excluding carboxylic acids is 3. The highest BCUT2D eigenvalue weighted by Gasteiger charge is 2.39. The summed E-state index contributed by atoms with van der Waals surface area (Å²) in [6.45, 7) is 2.72. The molecule has 186 valence electrons. The molecule has 1 aromatic carbocycles. The first kappa shape index (κ1) is 24.0. The van der Waals surface area contributed by atoms with Crippen LogP contribution in [-0.2, 0) is 24.1 Å². The Morgan fingerprint density at radius 3 is 2.51 bits per heavy atom. The summed E-state index contributed by atoms with van der Waals surface area (Å²) >= 11 is 1.55. The molecular weight excluding hydrogens is 462 g/mol. The van der Waals surface area contributed by atoms with E-state index in [0.717, 1.165) is 46.6 Å². The number of nitrogens with one attached hydrogen (secondary N) is 3.